The van der Waals surface area contributed by atoms with Gasteiger partial charge in [0, 0.05) is 6.42 Å². The fourth-order valence-electron chi connectivity index (χ4n) is 2.07. The van der Waals surface area contributed by atoms with Crippen molar-refractivity contribution in [2.75, 3.05) is 25.6 Å². The predicted octanol–water partition coefficient (Wildman–Crippen LogP) is 3.60. The highest BCUT2D eigenvalue weighted by molar-refractivity contribution is 5.90. The molecule has 2 aromatic carbocycles. The van der Waals surface area contributed by atoms with Crippen molar-refractivity contribution in [3.63, 3.8) is 0 Å². The lowest BCUT2D eigenvalue weighted by atomic mass is 10.2. The minimum absolute atomic E-state index is 0.329. The molecule has 0 aliphatic carbocycles. The van der Waals surface area contributed by atoms with Gasteiger partial charge in [-0.05, 0) is 44.2 Å². The van der Waals surface area contributed by atoms with Crippen LogP contribution in [0, 0.1) is 6.92 Å². The molecule has 0 radical (unpaired) electrons. The minimum Gasteiger partial charge on any atom is -0.493 e. The molecule has 0 saturated heterocycles. The first-order valence-corrected chi connectivity index (χ1v) is 7.99. The number of anilines is 1. The zero-order valence-corrected chi connectivity index (χ0v) is 14.1. The molecule has 0 saturated carbocycles. The summed E-state index contributed by atoms with van der Waals surface area (Å²) < 4.78 is 16.3. The molecule has 24 heavy (non-hydrogen) atoms. The number of hydrogen-bond donors (Lipinski definition) is 1. The molecule has 0 spiro atoms. The Kier molecular flexibility index (Phi) is 6.49. The van der Waals surface area contributed by atoms with E-state index in [2.05, 4.69) is 0 Å². The van der Waals surface area contributed by atoms with Crippen LogP contribution in [0.15, 0.2) is 42.5 Å². The van der Waals surface area contributed by atoms with Gasteiger partial charge in [0.1, 0.15) is 11.5 Å². The van der Waals surface area contributed by atoms with Crippen LogP contribution < -0.4 is 15.2 Å². The van der Waals surface area contributed by atoms with Gasteiger partial charge >= 0.3 is 5.97 Å². The van der Waals surface area contributed by atoms with Crippen LogP contribution in [0.1, 0.15) is 29.3 Å². The van der Waals surface area contributed by atoms with Crippen LogP contribution in [0.4, 0.5) is 5.69 Å². The quantitative estimate of drug-likeness (QED) is 0.455. The van der Waals surface area contributed by atoms with Crippen LogP contribution >= 0.6 is 0 Å². The average Bonchev–Trinajstić information content (AvgIpc) is 2.58. The van der Waals surface area contributed by atoms with Crippen molar-refractivity contribution in [2.24, 2.45) is 0 Å². The number of benzene rings is 2. The lowest BCUT2D eigenvalue weighted by molar-refractivity contribution is 0.0526. The van der Waals surface area contributed by atoms with Gasteiger partial charge < -0.3 is 19.9 Å². The summed E-state index contributed by atoms with van der Waals surface area (Å²) in [6, 6.07) is 12.8. The van der Waals surface area contributed by atoms with E-state index in [1.54, 1.807) is 25.1 Å². The van der Waals surface area contributed by atoms with Crippen LogP contribution in [-0.2, 0) is 4.74 Å². The third-order valence-electron chi connectivity index (χ3n) is 3.36. The molecular formula is C19H23NO4. The predicted molar refractivity (Wildman–Crippen MR) is 93.6 cm³/mol. The molecule has 0 amide bonds. The van der Waals surface area contributed by atoms with Crippen molar-refractivity contribution in [3.05, 3.63) is 53.6 Å². The number of rotatable bonds is 8. The van der Waals surface area contributed by atoms with Gasteiger partial charge in [0.15, 0.2) is 0 Å². The summed E-state index contributed by atoms with van der Waals surface area (Å²) in [6.45, 7) is 5.12. The number of aryl methyl sites for hydroxylation is 1. The number of esters is 1. The fraction of sp³-hybridized carbons (Fsp3) is 0.316. The van der Waals surface area contributed by atoms with Crippen molar-refractivity contribution in [3.8, 4) is 11.5 Å². The maximum atomic E-state index is 11.7. The van der Waals surface area contributed by atoms with E-state index in [0.717, 1.165) is 5.75 Å². The van der Waals surface area contributed by atoms with E-state index in [1.807, 2.05) is 31.2 Å². The van der Waals surface area contributed by atoms with Crippen molar-refractivity contribution in [1.29, 1.82) is 0 Å². The molecule has 5 heteroatoms. The summed E-state index contributed by atoms with van der Waals surface area (Å²) in [5.41, 5.74) is 7.99. The number of nitrogen functional groups attached to an aromatic ring is 1. The van der Waals surface area contributed by atoms with Crippen LogP contribution in [-0.4, -0.2) is 25.8 Å². The lowest BCUT2D eigenvalue weighted by Gasteiger charge is -2.11. The van der Waals surface area contributed by atoms with Crippen molar-refractivity contribution >= 4 is 11.7 Å². The molecule has 0 heterocycles. The maximum Gasteiger partial charge on any atom is 0.338 e. The Hall–Kier alpha value is -2.69. The van der Waals surface area contributed by atoms with Crippen LogP contribution in [0.2, 0.25) is 0 Å². The van der Waals surface area contributed by atoms with Crippen molar-refractivity contribution in [2.45, 2.75) is 20.3 Å². The highest BCUT2D eigenvalue weighted by Gasteiger charge is 2.10. The SMILES string of the molecule is CCOC(=O)c1ccc(N)c(OCCCOc2ccc(C)cc2)c1. The van der Waals surface area contributed by atoms with Gasteiger partial charge in [-0.1, -0.05) is 17.7 Å². The molecule has 0 aromatic heterocycles. The second-order valence-electron chi connectivity index (χ2n) is 5.34. The zero-order chi connectivity index (χ0) is 17.4. The van der Waals surface area contributed by atoms with Gasteiger partial charge in [-0.2, -0.15) is 0 Å². The van der Waals surface area contributed by atoms with E-state index >= 15 is 0 Å². The molecule has 2 rings (SSSR count). The summed E-state index contributed by atoms with van der Waals surface area (Å²) in [7, 11) is 0. The number of carbonyl (C=O) groups excluding carboxylic acids is 1. The van der Waals surface area contributed by atoms with Crippen molar-refractivity contribution in [1.82, 2.24) is 0 Å². The van der Waals surface area contributed by atoms with E-state index < -0.39 is 0 Å². The lowest BCUT2D eigenvalue weighted by Crippen LogP contribution is -2.08. The monoisotopic (exact) mass is 329 g/mol. The minimum atomic E-state index is -0.384. The number of nitrogens with two attached hydrogens (primary N) is 1. The first kappa shape index (κ1) is 17.7. The first-order chi connectivity index (χ1) is 11.6. The molecule has 2 aromatic rings. The number of hydrogen-bond acceptors (Lipinski definition) is 5. The summed E-state index contributed by atoms with van der Waals surface area (Å²) in [5.74, 6) is 0.936. The Morgan fingerprint density at radius 3 is 2.46 bits per heavy atom. The molecule has 0 bridgehead atoms. The molecule has 5 nitrogen and oxygen atoms in total. The Balaban J connectivity index is 1.80. The van der Waals surface area contributed by atoms with E-state index in [4.69, 9.17) is 19.9 Å². The van der Waals surface area contributed by atoms with Gasteiger partial charge in [0.25, 0.3) is 0 Å². The van der Waals surface area contributed by atoms with Gasteiger partial charge in [-0.3, -0.25) is 0 Å². The molecular weight excluding hydrogens is 306 g/mol. The largest absolute Gasteiger partial charge is 0.493 e. The summed E-state index contributed by atoms with van der Waals surface area (Å²) in [4.78, 5) is 11.7. The average molecular weight is 329 g/mol. The summed E-state index contributed by atoms with van der Waals surface area (Å²) in [6.07, 6.45) is 0.705. The normalized spacial score (nSPS) is 10.2. The molecule has 2 N–H and O–H groups in total. The molecule has 0 atom stereocenters. The number of ether oxygens (including phenoxy) is 3. The van der Waals surface area contributed by atoms with Gasteiger partial charge in [0.2, 0.25) is 0 Å². The van der Waals surface area contributed by atoms with Crippen LogP contribution in [0.25, 0.3) is 0 Å². The summed E-state index contributed by atoms with van der Waals surface area (Å²) in [5, 5.41) is 0. The van der Waals surface area contributed by atoms with E-state index in [1.165, 1.54) is 5.56 Å². The molecule has 0 fully saturated rings. The smallest absolute Gasteiger partial charge is 0.338 e. The first-order valence-electron chi connectivity index (χ1n) is 7.99. The van der Waals surface area contributed by atoms with E-state index in [0.29, 0.717) is 43.2 Å². The Morgan fingerprint density at radius 2 is 1.75 bits per heavy atom. The highest BCUT2D eigenvalue weighted by atomic mass is 16.5. The third kappa shape index (κ3) is 5.19. The molecule has 0 unspecified atom stereocenters. The standard InChI is InChI=1S/C19H23NO4/c1-3-22-19(21)15-7-10-17(20)18(13-15)24-12-4-11-23-16-8-5-14(2)6-9-16/h5-10,13H,3-4,11-12,20H2,1-2H3. The summed E-state index contributed by atoms with van der Waals surface area (Å²) >= 11 is 0. The van der Waals surface area contributed by atoms with Crippen LogP contribution in [0.3, 0.4) is 0 Å². The number of carbonyl (C=O) groups is 1. The highest BCUT2D eigenvalue weighted by Crippen LogP contribution is 2.23. The van der Waals surface area contributed by atoms with Gasteiger partial charge in [-0.25, -0.2) is 4.79 Å². The topological polar surface area (TPSA) is 70.8 Å². The Labute approximate surface area is 142 Å². The fourth-order valence-corrected chi connectivity index (χ4v) is 2.07. The third-order valence-corrected chi connectivity index (χ3v) is 3.36. The Bertz CT molecular complexity index is 668. The second-order valence-corrected chi connectivity index (χ2v) is 5.34. The van der Waals surface area contributed by atoms with Crippen molar-refractivity contribution < 1.29 is 19.0 Å². The molecule has 128 valence electrons. The second kappa shape index (κ2) is 8.82. The van der Waals surface area contributed by atoms with Gasteiger partial charge in [0.05, 0.1) is 31.1 Å². The zero-order valence-electron chi connectivity index (χ0n) is 14.1. The molecule has 0 aliphatic heterocycles. The van der Waals surface area contributed by atoms with E-state index in [-0.39, 0.29) is 5.97 Å². The maximum absolute atomic E-state index is 11.7. The van der Waals surface area contributed by atoms with Crippen LogP contribution in [0.5, 0.6) is 11.5 Å². The molecule has 0 aliphatic rings. The Morgan fingerprint density at radius 1 is 1.04 bits per heavy atom. The van der Waals surface area contributed by atoms with Gasteiger partial charge in [-0.15, -0.1) is 0 Å². The van der Waals surface area contributed by atoms with E-state index in [9.17, 15) is 4.79 Å².